The zero-order chi connectivity index (χ0) is 18.5. The molecule has 0 bridgehead atoms. The minimum Gasteiger partial charge on any atom is -0.261 e. The van der Waals surface area contributed by atoms with E-state index in [1.54, 1.807) is 12.4 Å². The first-order valence-electron chi connectivity index (χ1n) is 11.7. The zero-order valence-electron chi connectivity index (χ0n) is 17.6. The Morgan fingerprint density at radius 1 is 0.538 bits per heavy atom. The first kappa shape index (κ1) is 23.1. The lowest BCUT2D eigenvalue weighted by Crippen LogP contribution is -1.90. The molecular weight excluding hydrogens is 316 g/mol. The summed E-state index contributed by atoms with van der Waals surface area (Å²) in [6, 6.07) is 0. The summed E-state index contributed by atoms with van der Waals surface area (Å²) >= 11 is 0. The molecule has 0 aliphatic heterocycles. The zero-order valence-corrected chi connectivity index (χ0v) is 17.6. The molecule has 0 spiro atoms. The normalized spacial score (nSPS) is 11.1. The summed E-state index contributed by atoms with van der Waals surface area (Å²) in [5.41, 5.74) is 1.14. The molecule has 0 radical (unpaired) electrons. The number of rotatable bonds is 19. The van der Waals surface area contributed by atoms with Crippen LogP contribution in [0.2, 0.25) is 0 Å². The van der Waals surface area contributed by atoms with Crippen LogP contribution >= 0.6 is 0 Å². The molecule has 2 nitrogen and oxygen atoms in total. The van der Waals surface area contributed by atoms with Crippen molar-refractivity contribution >= 4 is 0 Å². The Morgan fingerprint density at radius 2 is 0.962 bits per heavy atom. The summed E-state index contributed by atoms with van der Waals surface area (Å²) in [6.45, 7) is 2.29. The Labute approximate surface area is 163 Å². The van der Waals surface area contributed by atoms with Crippen LogP contribution in [0.3, 0.4) is 0 Å². The van der Waals surface area contributed by atoms with Crippen molar-refractivity contribution < 1.29 is 0 Å². The van der Waals surface area contributed by atoms with Crippen LogP contribution in [0.25, 0.3) is 0 Å². The molecule has 26 heavy (non-hydrogen) atoms. The van der Waals surface area contributed by atoms with Crippen molar-refractivity contribution in [1.82, 2.24) is 9.97 Å². The Kier molecular flexibility index (Phi) is 16.8. The highest BCUT2D eigenvalue weighted by Crippen LogP contribution is 2.14. The highest BCUT2D eigenvalue weighted by molar-refractivity contribution is 4.94. The van der Waals surface area contributed by atoms with Gasteiger partial charge in [-0.25, -0.2) is 0 Å². The summed E-state index contributed by atoms with van der Waals surface area (Å²) in [5.74, 6) is 0. The predicted octanol–water partition coefficient (Wildman–Crippen LogP) is 8.06. The summed E-state index contributed by atoms with van der Waals surface area (Å²) in [7, 11) is 0. The van der Waals surface area contributed by atoms with Crippen LogP contribution < -0.4 is 0 Å². The van der Waals surface area contributed by atoms with Gasteiger partial charge in [0.2, 0.25) is 0 Å². The van der Waals surface area contributed by atoms with Crippen LogP contribution in [0.5, 0.6) is 0 Å². The largest absolute Gasteiger partial charge is 0.261 e. The van der Waals surface area contributed by atoms with E-state index < -0.39 is 0 Å². The fraction of sp³-hybridized carbons (Fsp3) is 0.833. The fourth-order valence-electron chi connectivity index (χ4n) is 3.67. The first-order chi connectivity index (χ1) is 12.9. The number of nitrogens with zero attached hydrogens (tertiary/aromatic N) is 2. The molecule has 0 aliphatic rings. The topological polar surface area (TPSA) is 25.8 Å². The highest BCUT2D eigenvalue weighted by Gasteiger charge is 1.96. The lowest BCUT2D eigenvalue weighted by atomic mass is 10.0. The predicted molar refractivity (Wildman–Crippen MR) is 115 cm³/mol. The molecule has 0 aromatic carbocycles. The third kappa shape index (κ3) is 15.3. The van der Waals surface area contributed by atoms with E-state index in [4.69, 9.17) is 0 Å². The molecule has 1 rings (SSSR count). The van der Waals surface area contributed by atoms with E-state index in [9.17, 15) is 0 Å². The Bertz CT molecular complexity index is 377. The van der Waals surface area contributed by atoms with Crippen molar-refractivity contribution in [3.05, 3.63) is 24.3 Å². The van der Waals surface area contributed by atoms with Gasteiger partial charge in [-0.3, -0.25) is 9.97 Å². The van der Waals surface area contributed by atoms with Gasteiger partial charge >= 0.3 is 0 Å². The van der Waals surface area contributed by atoms with E-state index in [-0.39, 0.29) is 0 Å². The Morgan fingerprint density at radius 3 is 1.35 bits per heavy atom. The molecule has 0 aliphatic carbocycles. The quantitative estimate of drug-likeness (QED) is 0.233. The molecule has 1 aromatic rings. The molecule has 0 atom stereocenters. The maximum Gasteiger partial charge on any atom is 0.0586 e. The number of hydrogen-bond donors (Lipinski definition) is 0. The molecule has 0 amide bonds. The summed E-state index contributed by atoms with van der Waals surface area (Å²) in [4.78, 5) is 8.45. The van der Waals surface area contributed by atoms with E-state index in [0.717, 1.165) is 12.1 Å². The third-order valence-corrected chi connectivity index (χ3v) is 5.40. The van der Waals surface area contributed by atoms with Gasteiger partial charge in [0.15, 0.2) is 0 Å². The van der Waals surface area contributed by atoms with Crippen LogP contribution in [0.1, 0.15) is 128 Å². The fourth-order valence-corrected chi connectivity index (χ4v) is 3.67. The van der Waals surface area contributed by atoms with Gasteiger partial charge in [0.1, 0.15) is 0 Å². The van der Waals surface area contributed by atoms with Crippen molar-refractivity contribution in [3.8, 4) is 0 Å². The van der Waals surface area contributed by atoms with Crippen LogP contribution in [0, 0.1) is 0 Å². The third-order valence-electron chi connectivity index (χ3n) is 5.40. The first-order valence-corrected chi connectivity index (χ1v) is 11.7. The van der Waals surface area contributed by atoms with Crippen molar-refractivity contribution in [2.75, 3.05) is 0 Å². The van der Waals surface area contributed by atoms with E-state index in [2.05, 4.69) is 16.9 Å². The SMILES string of the molecule is CCCCCCCCCCCCCCCCCCCCc1cnccn1. The van der Waals surface area contributed by atoms with E-state index >= 15 is 0 Å². The van der Waals surface area contributed by atoms with Gasteiger partial charge in [-0.05, 0) is 12.8 Å². The molecule has 2 heteroatoms. The molecule has 0 saturated heterocycles. The second-order valence-electron chi connectivity index (χ2n) is 7.96. The second kappa shape index (κ2) is 18.9. The minimum atomic E-state index is 1.09. The van der Waals surface area contributed by atoms with Gasteiger partial charge in [0, 0.05) is 18.6 Å². The van der Waals surface area contributed by atoms with Gasteiger partial charge < -0.3 is 0 Å². The van der Waals surface area contributed by atoms with E-state index in [1.165, 1.54) is 116 Å². The van der Waals surface area contributed by atoms with Crippen molar-refractivity contribution in [2.24, 2.45) is 0 Å². The van der Waals surface area contributed by atoms with Crippen molar-refractivity contribution in [1.29, 1.82) is 0 Å². The molecule has 150 valence electrons. The average molecular weight is 361 g/mol. The number of aromatic nitrogens is 2. The Balaban J connectivity index is 1.68. The standard InChI is InChI=1S/C24H44N2/c1-2-3-4-5-6-7-8-9-10-11-12-13-14-15-16-17-18-19-20-24-23-25-21-22-26-24/h21-23H,2-20H2,1H3. The smallest absolute Gasteiger partial charge is 0.0586 e. The molecule has 1 aromatic heterocycles. The van der Waals surface area contributed by atoms with Gasteiger partial charge in [-0.15, -0.1) is 0 Å². The molecule has 0 unspecified atom stereocenters. The van der Waals surface area contributed by atoms with Crippen LogP contribution in [0.4, 0.5) is 0 Å². The Hall–Kier alpha value is -0.920. The van der Waals surface area contributed by atoms with Crippen LogP contribution in [-0.4, -0.2) is 9.97 Å². The van der Waals surface area contributed by atoms with Crippen LogP contribution in [0.15, 0.2) is 18.6 Å². The average Bonchev–Trinajstić information content (AvgIpc) is 2.68. The molecule has 1 heterocycles. The van der Waals surface area contributed by atoms with E-state index in [0.29, 0.717) is 0 Å². The van der Waals surface area contributed by atoms with Gasteiger partial charge in [-0.2, -0.15) is 0 Å². The highest BCUT2D eigenvalue weighted by atomic mass is 14.8. The van der Waals surface area contributed by atoms with Gasteiger partial charge in [0.25, 0.3) is 0 Å². The summed E-state index contributed by atoms with van der Waals surface area (Å²) < 4.78 is 0. The molecule has 0 fully saturated rings. The molecule has 0 saturated carbocycles. The maximum absolute atomic E-state index is 4.33. The minimum absolute atomic E-state index is 1.09. The lowest BCUT2D eigenvalue weighted by molar-refractivity contribution is 0.525. The maximum atomic E-state index is 4.33. The number of aryl methyl sites for hydroxylation is 1. The van der Waals surface area contributed by atoms with Crippen molar-refractivity contribution in [3.63, 3.8) is 0 Å². The van der Waals surface area contributed by atoms with Crippen molar-refractivity contribution in [2.45, 2.75) is 129 Å². The number of unbranched alkanes of at least 4 members (excludes halogenated alkanes) is 17. The lowest BCUT2D eigenvalue weighted by Gasteiger charge is -2.04. The monoisotopic (exact) mass is 360 g/mol. The molecule has 0 N–H and O–H groups in total. The van der Waals surface area contributed by atoms with Gasteiger partial charge in [-0.1, -0.05) is 116 Å². The summed E-state index contributed by atoms with van der Waals surface area (Å²) in [6.07, 6.45) is 32.3. The van der Waals surface area contributed by atoms with E-state index in [1.807, 2.05) is 6.20 Å². The van der Waals surface area contributed by atoms with Crippen LogP contribution in [-0.2, 0) is 6.42 Å². The summed E-state index contributed by atoms with van der Waals surface area (Å²) in [5, 5.41) is 0. The number of hydrogen-bond acceptors (Lipinski definition) is 2. The second-order valence-corrected chi connectivity index (χ2v) is 7.96. The van der Waals surface area contributed by atoms with Gasteiger partial charge in [0.05, 0.1) is 5.69 Å². The molecular formula is C24H44N2.